The van der Waals surface area contributed by atoms with E-state index in [-0.39, 0.29) is 17.9 Å². The highest BCUT2D eigenvalue weighted by Gasteiger charge is 2.38. The van der Waals surface area contributed by atoms with Gasteiger partial charge in [0.15, 0.2) is 0 Å². The first-order valence-electron chi connectivity index (χ1n) is 6.95. The Morgan fingerprint density at radius 1 is 1.23 bits per heavy atom. The van der Waals surface area contributed by atoms with Crippen molar-refractivity contribution in [3.8, 4) is 11.4 Å². The molecule has 0 fully saturated rings. The topological polar surface area (TPSA) is 107 Å². The molecule has 1 aromatic heterocycles. The number of alkyl halides is 3. The molecule has 2 aromatic rings. The minimum atomic E-state index is -4.73. The Balaban J connectivity index is 2.10. The van der Waals surface area contributed by atoms with E-state index in [2.05, 4.69) is 19.5 Å². The third kappa shape index (κ3) is 4.55. The molecule has 0 unspecified atom stereocenters. The summed E-state index contributed by atoms with van der Waals surface area (Å²) in [4.78, 5) is 35.7. The molecule has 9 nitrogen and oxygen atoms in total. The average molecular weight is 374 g/mol. The van der Waals surface area contributed by atoms with Crippen molar-refractivity contribution in [3.63, 3.8) is 0 Å². The minimum Gasteiger partial charge on any atom is -0.329 e. The first-order chi connectivity index (χ1) is 12.3. The number of nitrogens with zero attached hydrogens (tertiary/aromatic N) is 3. The van der Waals surface area contributed by atoms with Gasteiger partial charge in [0.25, 0.3) is 0 Å². The number of rotatable bonds is 5. The number of hydrogen-bond acceptors (Lipinski definition) is 7. The molecule has 12 heteroatoms. The molecule has 1 heterocycles. The number of nitrogens with one attached hydrogen (secondary N) is 1. The first kappa shape index (κ1) is 19.3. The fourth-order valence-corrected chi connectivity index (χ4v) is 1.85. The van der Waals surface area contributed by atoms with Gasteiger partial charge < -0.3 is 4.52 Å². The Morgan fingerprint density at radius 3 is 2.38 bits per heavy atom. The summed E-state index contributed by atoms with van der Waals surface area (Å²) in [6.45, 7) is -0.0905. The van der Waals surface area contributed by atoms with Crippen LogP contribution in [0.2, 0.25) is 0 Å². The maximum absolute atomic E-state index is 12.5. The van der Waals surface area contributed by atoms with Gasteiger partial charge in [-0.3, -0.25) is 19.3 Å². The van der Waals surface area contributed by atoms with Gasteiger partial charge in [-0.2, -0.15) is 18.2 Å². The first-order valence-corrected chi connectivity index (χ1v) is 6.95. The van der Waals surface area contributed by atoms with Crippen molar-refractivity contribution in [2.24, 2.45) is 0 Å². The fraction of sp³-hybridized carbons (Fsp3) is 0.286. The molecule has 0 spiro atoms. The molecule has 1 N–H and O–H groups in total. The Kier molecular flexibility index (Phi) is 5.90. The molecule has 0 aliphatic carbocycles. The van der Waals surface area contributed by atoms with Gasteiger partial charge in [-0.05, 0) is 5.56 Å². The number of carbonyl (C=O) groups excluding carboxylic acids is 2. The Bertz CT molecular complexity index is 776. The predicted molar refractivity (Wildman–Crippen MR) is 77.4 cm³/mol. The van der Waals surface area contributed by atoms with Gasteiger partial charge >= 0.3 is 23.9 Å². The van der Waals surface area contributed by atoms with Crippen LogP contribution in [0, 0.1) is 0 Å². The Hall–Kier alpha value is -2.99. The monoisotopic (exact) mass is 374 g/mol. The Labute approximate surface area is 144 Å². The average Bonchev–Trinajstić information content (AvgIpc) is 3.10. The van der Waals surface area contributed by atoms with Crippen LogP contribution in [0.3, 0.4) is 0 Å². The molecule has 0 saturated carbocycles. The molecule has 0 saturated heterocycles. The summed E-state index contributed by atoms with van der Waals surface area (Å²) >= 11 is 0. The second-order valence-corrected chi connectivity index (χ2v) is 4.78. The molecule has 1 aromatic carbocycles. The maximum Gasteiger partial charge on any atom is 0.471 e. The standard InChI is InChI=1S/C14H13F3N4O5/c1-24-20-11(22)12(23)21(25-2)7-8-3-5-9(6-4-8)10-18-13(26-19-10)14(15,16)17/h3-6H,7H2,1-2H3,(H,20,22). The second-order valence-electron chi connectivity index (χ2n) is 4.78. The van der Waals surface area contributed by atoms with Crippen molar-refractivity contribution in [1.82, 2.24) is 20.7 Å². The van der Waals surface area contributed by atoms with E-state index in [1.165, 1.54) is 38.5 Å². The summed E-state index contributed by atoms with van der Waals surface area (Å²) in [6.07, 6.45) is -4.73. The van der Waals surface area contributed by atoms with Crippen LogP contribution < -0.4 is 5.48 Å². The summed E-state index contributed by atoms with van der Waals surface area (Å²) in [6, 6.07) is 5.89. The molecule has 2 amide bonds. The number of benzene rings is 1. The maximum atomic E-state index is 12.5. The van der Waals surface area contributed by atoms with E-state index in [0.29, 0.717) is 5.56 Å². The number of carbonyl (C=O) groups is 2. The summed E-state index contributed by atoms with van der Waals surface area (Å²) in [5, 5.41) is 4.05. The lowest BCUT2D eigenvalue weighted by Crippen LogP contribution is -2.41. The summed E-state index contributed by atoms with van der Waals surface area (Å²) in [5.41, 5.74) is 2.68. The van der Waals surface area contributed by atoms with Crippen molar-refractivity contribution in [2.45, 2.75) is 12.7 Å². The largest absolute Gasteiger partial charge is 0.471 e. The highest BCUT2D eigenvalue weighted by Crippen LogP contribution is 2.29. The molecule has 0 atom stereocenters. The van der Waals surface area contributed by atoms with Gasteiger partial charge in [0.1, 0.15) is 0 Å². The van der Waals surface area contributed by atoms with Crippen LogP contribution in [0.5, 0.6) is 0 Å². The smallest absolute Gasteiger partial charge is 0.329 e. The van der Waals surface area contributed by atoms with Crippen molar-refractivity contribution < 1.29 is 37.0 Å². The number of aromatic nitrogens is 2. The van der Waals surface area contributed by atoms with Gasteiger partial charge in [-0.1, -0.05) is 29.4 Å². The molecular weight excluding hydrogens is 361 g/mol. The zero-order valence-corrected chi connectivity index (χ0v) is 13.5. The van der Waals surface area contributed by atoms with Crippen molar-refractivity contribution in [1.29, 1.82) is 0 Å². The lowest BCUT2D eigenvalue weighted by Gasteiger charge is -2.18. The highest BCUT2D eigenvalue weighted by atomic mass is 19.4. The summed E-state index contributed by atoms with van der Waals surface area (Å²) in [7, 11) is 2.37. The quantitative estimate of drug-likeness (QED) is 0.621. The van der Waals surface area contributed by atoms with Gasteiger partial charge in [0.2, 0.25) is 5.82 Å². The van der Waals surface area contributed by atoms with Crippen LogP contribution in [-0.2, 0) is 32.0 Å². The second kappa shape index (κ2) is 7.93. The van der Waals surface area contributed by atoms with Gasteiger partial charge in [-0.25, -0.2) is 10.5 Å². The van der Waals surface area contributed by atoms with Gasteiger partial charge in [0.05, 0.1) is 20.8 Å². The number of hydroxylamine groups is 3. The van der Waals surface area contributed by atoms with E-state index in [1.807, 2.05) is 5.48 Å². The van der Waals surface area contributed by atoms with E-state index < -0.39 is 23.9 Å². The van der Waals surface area contributed by atoms with Crippen molar-refractivity contribution in [2.75, 3.05) is 14.2 Å². The van der Waals surface area contributed by atoms with Crippen LogP contribution >= 0.6 is 0 Å². The third-order valence-electron chi connectivity index (χ3n) is 3.04. The molecule has 0 aliphatic rings. The molecule has 0 aliphatic heterocycles. The zero-order valence-electron chi connectivity index (χ0n) is 13.5. The molecule has 0 radical (unpaired) electrons. The number of halogens is 3. The van der Waals surface area contributed by atoms with E-state index in [1.54, 1.807) is 0 Å². The minimum absolute atomic E-state index is 0.0905. The van der Waals surface area contributed by atoms with Gasteiger partial charge in [-0.15, -0.1) is 0 Å². The van der Waals surface area contributed by atoms with E-state index in [4.69, 9.17) is 4.84 Å². The van der Waals surface area contributed by atoms with E-state index in [9.17, 15) is 22.8 Å². The molecule has 140 valence electrons. The zero-order chi connectivity index (χ0) is 19.3. The lowest BCUT2D eigenvalue weighted by molar-refractivity contribution is -0.185. The molecular formula is C14H13F3N4O5. The highest BCUT2D eigenvalue weighted by molar-refractivity contribution is 6.34. The summed E-state index contributed by atoms with van der Waals surface area (Å²) < 4.78 is 41.6. The normalized spacial score (nSPS) is 11.3. The van der Waals surface area contributed by atoms with E-state index in [0.717, 1.165) is 5.06 Å². The number of hydrogen-bond donors (Lipinski definition) is 1. The predicted octanol–water partition coefficient (Wildman–Crippen LogP) is 1.32. The van der Waals surface area contributed by atoms with Crippen LogP contribution in [0.4, 0.5) is 13.2 Å². The number of amides is 2. The van der Waals surface area contributed by atoms with Crippen LogP contribution in [0.15, 0.2) is 28.8 Å². The van der Waals surface area contributed by atoms with Gasteiger partial charge in [0, 0.05) is 5.56 Å². The Morgan fingerprint density at radius 2 is 1.88 bits per heavy atom. The van der Waals surface area contributed by atoms with E-state index >= 15 is 0 Å². The molecule has 0 bridgehead atoms. The lowest BCUT2D eigenvalue weighted by atomic mass is 10.1. The van der Waals surface area contributed by atoms with Crippen molar-refractivity contribution in [3.05, 3.63) is 35.7 Å². The van der Waals surface area contributed by atoms with Crippen molar-refractivity contribution >= 4 is 11.8 Å². The van der Waals surface area contributed by atoms with Crippen LogP contribution in [-0.4, -0.2) is 41.2 Å². The third-order valence-corrected chi connectivity index (χ3v) is 3.04. The molecule has 2 rings (SSSR count). The summed E-state index contributed by atoms with van der Waals surface area (Å²) in [5.74, 6) is -3.70. The van der Waals surface area contributed by atoms with Crippen LogP contribution in [0.1, 0.15) is 11.5 Å². The van der Waals surface area contributed by atoms with Crippen LogP contribution in [0.25, 0.3) is 11.4 Å². The fourth-order valence-electron chi connectivity index (χ4n) is 1.85. The SMILES string of the molecule is CONC(=O)C(=O)N(Cc1ccc(-c2noc(C(F)(F)F)n2)cc1)OC. The molecule has 26 heavy (non-hydrogen) atoms.